The van der Waals surface area contributed by atoms with Crippen molar-refractivity contribution in [3.05, 3.63) is 77.9 Å². The van der Waals surface area contributed by atoms with E-state index in [0.717, 1.165) is 27.9 Å². The first-order valence-corrected chi connectivity index (χ1v) is 8.06. The summed E-state index contributed by atoms with van der Waals surface area (Å²) in [4.78, 5) is 12.3. The summed E-state index contributed by atoms with van der Waals surface area (Å²) in [6.45, 7) is 3.95. The molecule has 0 saturated heterocycles. The number of aryl methyl sites for hydroxylation is 2. The Morgan fingerprint density at radius 1 is 0.840 bits per heavy atom. The van der Waals surface area contributed by atoms with Crippen molar-refractivity contribution in [2.24, 2.45) is 0 Å². The molecule has 3 rings (SSSR count). The van der Waals surface area contributed by atoms with Crippen molar-refractivity contribution in [1.29, 1.82) is 0 Å². The van der Waals surface area contributed by atoms with Gasteiger partial charge < -0.3 is 15.7 Å². The van der Waals surface area contributed by atoms with Crippen LogP contribution in [0.1, 0.15) is 11.1 Å². The molecule has 0 spiro atoms. The van der Waals surface area contributed by atoms with Gasteiger partial charge in [-0.2, -0.15) is 0 Å². The Bertz CT molecular complexity index is 902. The van der Waals surface area contributed by atoms with E-state index in [9.17, 15) is 9.90 Å². The van der Waals surface area contributed by atoms with Gasteiger partial charge in [0.1, 0.15) is 5.75 Å². The van der Waals surface area contributed by atoms with Gasteiger partial charge in [-0.25, -0.2) is 4.79 Å². The molecule has 0 heterocycles. The summed E-state index contributed by atoms with van der Waals surface area (Å²) in [5, 5.41) is 15.1. The number of carbonyl (C=O) groups excluding carboxylic acids is 1. The highest BCUT2D eigenvalue weighted by atomic mass is 16.3. The molecule has 0 unspecified atom stereocenters. The fraction of sp³-hybridized carbons (Fsp3) is 0.0952. The Morgan fingerprint density at radius 2 is 1.60 bits per heavy atom. The molecule has 0 aliphatic heterocycles. The van der Waals surface area contributed by atoms with E-state index >= 15 is 0 Å². The monoisotopic (exact) mass is 332 g/mol. The number of urea groups is 1. The number of amides is 2. The summed E-state index contributed by atoms with van der Waals surface area (Å²) < 4.78 is 0. The standard InChI is InChI=1S/C21H20N2O2/c1-14-6-7-15(2)20(12-14)23-21(25)22-18-5-3-4-17(13-18)16-8-10-19(24)11-9-16/h3-13,24H,1-2H3,(H2,22,23,25). The molecular formula is C21H20N2O2. The van der Waals surface area contributed by atoms with E-state index in [4.69, 9.17) is 0 Å². The molecule has 4 nitrogen and oxygen atoms in total. The maximum Gasteiger partial charge on any atom is 0.323 e. The zero-order valence-electron chi connectivity index (χ0n) is 14.2. The van der Waals surface area contributed by atoms with Crippen LogP contribution in [0.15, 0.2) is 66.7 Å². The average molecular weight is 332 g/mol. The van der Waals surface area contributed by atoms with E-state index in [2.05, 4.69) is 10.6 Å². The Hall–Kier alpha value is -3.27. The van der Waals surface area contributed by atoms with Gasteiger partial charge in [-0.3, -0.25) is 0 Å². The lowest BCUT2D eigenvalue weighted by Crippen LogP contribution is -2.20. The van der Waals surface area contributed by atoms with Crippen LogP contribution in [0.4, 0.5) is 16.2 Å². The van der Waals surface area contributed by atoms with E-state index in [1.165, 1.54) is 0 Å². The number of hydrogen-bond acceptors (Lipinski definition) is 2. The predicted molar refractivity (Wildman–Crippen MR) is 102 cm³/mol. The van der Waals surface area contributed by atoms with Crippen molar-refractivity contribution in [2.75, 3.05) is 10.6 Å². The zero-order chi connectivity index (χ0) is 17.8. The second-order valence-corrected chi connectivity index (χ2v) is 6.03. The van der Waals surface area contributed by atoms with Gasteiger partial charge in [0.25, 0.3) is 0 Å². The summed E-state index contributed by atoms with van der Waals surface area (Å²) in [7, 11) is 0. The first kappa shape index (κ1) is 16.6. The van der Waals surface area contributed by atoms with E-state index in [1.54, 1.807) is 12.1 Å². The summed E-state index contributed by atoms with van der Waals surface area (Å²) in [6, 6.07) is 20.2. The minimum atomic E-state index is -0.281. The lowest BCUT2D eigenvalue weighted by molar-refractivity contribution is 0.262. The molecule has 0 bridgehead atoms. The number of aromatic hydroxyl groups is 1. The molecule has 3 aromatic rings. The fourth-order valence-corrected chi connectivity index (χ4v) is 2.59. The number of phenols is 1. The maximum atomic E-state index is 12.3. The van der Waals surface area contributed by atoms with Crippen molar-refractivity contribution in [2.45, 2.75) is 13.8 Å². The van der Waals surface area contributed by atoms with Crippen molar-refractivity contribution in [1.82, 2.24) is 0 Å². The molecule has 0 fully saturated rings. The molecule has 0 saturated carbocycles. The zero-order valence-corrected chi connectivity index (χ0v) is 14.2. The van der Waals surface area contributed by atoms with E-state index in [-0.39, 0.29) is 11.8 Å². The SMILES string of the molecule is Cc1ccc(C)c(NC(=O)Nc2cccc(-c3ccc(O)cc3)c2)c1. The van der Waals surface area contributed by atoms with Gasteiger partial charge in [-0.05, 0) is 66.4 Å². The molecule has 0 aromatic heterocycles. The highest BCUT2D eigenvalue weighted by molar-refractivity contribution is 6.00. The van der Waals surface area contributed by atoms with Crippen molar-refractivity contribution >= 4 is 17.4 Å². The van der Waals surface area contributed by atoms with Crippen LogP contribution in [0.5, 0.6) is 5.75 Å². The molecule has 0 aliphatic carbocycles. The van der Waals surface area contributed by atoms with Crippen molar-refractivity contribution in [3.8, 4) is 16.9 Å². The summed E-state index contributed by atoms with van der Waals surface area (Å²) in [5.41, 5.74) is 5.54. The van der Waals surface area contributed by atoms with Crippen molar-refractivity contribution in [3.63, 3.8) is 0 Å². The fourth-order valence-electron chi connectivity index (χ4n) is 2.59. The number of benzene rings is 3. The highest BCUT2D eigenvalue weighted by Crippen LogP contribution is 2.24. The van der Waals surface area contributed by atoms with Gasteiger partial charge in [0.05, 0.1) is 0 Å². The predicted octanol–water partition coefficient (Wildman–Crippen LogP) is 5.32. The smallest absolute Gasteiger partial charge is 0.323 e. The lowest BCUT2D eigenvalue weighted by atomic mass is 10.1. The van der Waals surface area contributed by atoms with E-state index in [0.29, 0.717) is 5.69 Å². The second-order valence-electron chi connectivity index (χ2n) is 6.03. The lowest BCUT2D eigenvalue weighted by Gasteiger charge is -2.11. The molecular weight excluding hydrogens is 312 g/mol. The third-order valence-corrected chi connectivity index (χ3v) is 3.96. The van der Waals surface area contributed by atoms with Gasteiger partial charge >= 0.3 is 6.03 Å². The van der Waals surface area contributed by atoms with E-state index in [1.807, 2.05) is 68.4 Å². The van der Waals surface area contributed by atoms with Gasteiger partial charge in [0, 0.05) is 11.4 Å². The summed E-state index contributed by atoms with van der Waals surface area (Å²) >= 11 is 0. The van der Waals surface area contributed by atoms with Gasteiger partial charge in [-0.1, -0.05) is 36.4 Å². The molecule has 2 amide bonds. The molecule has 3 N–H and O–H groups in total. The van der Waals surface area contributed by atoms with Crippen LogP contribution in [-0.2, 0) is 0 Å². The van der Waals surface area contributed by atoms with Crippen LogP contribution in [0.2, 0.25) is 0 Å². The molecule has 3 aromatic carbocycles. The molecule has 25 heavy (non-hydrogen) atoms. The first-order chi connectivity index (χ1) is 12.0. The summed E-state index contributed by atoms with van der Waals surface area (Å²) in [5.74, 6) is 0.228. The Kier molecular flexibility index (Phi) is 4.70. The Balaban J connectivity index is 1.74. The van der Waals surface area contributed by atoms with Gasteiger partial charge in [0.2, 0.25) is 0 Å². The Morgan fingerprint density at radius 3 is 2.36 bits per heavy atom. The maximum absolute atomic E-state index is 12.3. The highest BCUT2D eigenvalue weighted by Gasteiger charge is 2.06. The molecule has 0 radical (unpaired) electrons. The molecule has 4 heteroatoms. The number of anilines is 2. The third-order valence-electron chi connectivity index (χ3n) is 3.96. The third kappa shape index (κ3) is 4.18. The molecule has 0 atom stereocenters. The van der Waals surface area contributed by atoms with Crippen molar-refractivity contribution < 1.29 is 9.90 Å². The minimum absolute atomic E-state index is 0.228. The quantitative estimate of drug-likeness (QED) is 0.608. The summed E-state index contributed by atoms with van der Waals surface area (Å²) in [6.07, 6.45) is 0. The molecule has 126 valence electrons. The van der Waals surface area contributed by atoms with Gasteiger partial charge in [-0.15, -0.1) is 0 Å². The van der Waals surface area contributed by atoms with Crippen LogP contribution < -0.4 is 10.6 Å². The van der Waals surface area contributed by atoms with Gasteiger partial charge in [0.15, 0.2) is 0 Å². The largest absolute Gasteiger partial charge is 0.508 e. The van der Waals surface area contributed by atoms with Crippen LogP contribution in [0.25, 0.3) is 11.1 Å². The average Bonchev–Trinajstić information content (AvgIpc) is 2.59. The normalized spacial score (nSPS) is 10.3. The number of phenolic OH excluding ortho intramolecular Hbond substituents is 1. The second kappa shape index (κ2) is 7.09. The topological polar surface area (TPSA) is 61.4 Å². The van der Waals surface area contributed by atoms with Crippen LogP contribution >= 0.6 is 0 Å². The number of carbonyl (C=O) groups is 1. The molecule has 0 aliphatic rings. The van der Waals surface area contributed by atoms with Crippen LogP contribution in [0, 0.1) is 13.8 Å². The minimum Gasteiger partial charge on any atom is -0.508 e. The van der Waals surface area contributed by atoms with E-state index < -0.39 is 0 Å². The number of rotatable bonds is 3. The first-order valence-electron chi connectivity index (χ1n) is 8.06. The number of hydrogen-bond donors (Lipinski definition) is 3. The Labute approximate surface area is 147 Å². The van der Waals surface area contributed by atoms with Crippen LogP contribution in [-0.4, -0.2) is 11.1 Å². The number of nitrogens with one attached hydrogen (secondary N) is 2. The van der Waals surface area contributed by atoms with Crippen LogP contribution in [0.3, 0.4) is 0 Å².